The molecule has 1 unspecified atom stereocenters. The molecule has 5 nitrogen and oxygen atoms in total. The van der Waals surface area contributed by atoms with E-state index in [0.717, 1.165) is 16.2 Å². The van der Waals surface area contributed by atoms with E-state index in [-0.39, 0.29) is 10.8 Å². The van der Waals surface area contributed by atoms with Gasteiger partial charge in [0.1, 0.15) is 5.82 Å². The fourth-order valence-corrected chi connectivity index (χ4v) is 3.69. The lowest BCUT2D eigenvalue weighted by atomic mass is 10.2. The molecular formula is C18H16N4OS. The molecule has 1 N–H and O–H groups in total. The number of aromatic nitrogens is 4. The number of H-pyrrole nitrogens is 1. The number of fused-ring (bicyclic) bond motifs is 2. The van der Waals surface area contributed by atoms with Gasteiger partial charge in [0.25, 0.3) is 5.56 Å². The smallest absolute Gasteiger partial charge is 0.258 e. The molecule has 2 heterocycles. The standard InChI is InChI=1S/C18H16N4OS/c1-11(16-19-13-8-4-3-7-12(13)17(23)21-16)24-18-20-14-9-5-6-10-15(14)22(18)2/h3-11H,1-2H3,(H,19,21,23). The van der Waals surface area contributed by atoms with E-state index in [2.05, 4.69) is 19.5 Å². The third-order valence-corrected chi connectivity index (χ3v) is 5.20. The highest BCUT2D eigenvalue weighted by Gasteiger charge is 2.16. The van der Waals surface area contributed by atoms with E-state index in [0.29, 0.717) is 16.7 Å². The number of thioether (sulfide) groups is 1. The maximum absolute atomic E-state index is 12.2. The van der Waals surface area contributed by atoms with Gasteiger partial charge in [-0.15, -0.1) is 0 Å². The summed E-state index contributed by atoms with van der Waals surface area (Å²) in [4.78, 5) is 24.4. The largest absolute Gasteiger partial charge is 0.322 e. The molecule has 0 saturated carbocycles. The number of nitrogens with zero attached hydrogens (tertiary/aromatic N) is 3. The van der Waals surface area contributed by atoms with Crippen LogP contribution in [0.15, 0.2) is 58.5 Å². The van der Waals surface area contributed by atoms with Crippen LogP contribution < -0.4 is 5.56 Å². The molecule has 0 aliphatic carbocycles. The van der Waals surface area contributed by atoms with E-state index in [1.54, 1.807) is 17.8 Å². The fourth-order valence-electron chi connectivity index (χ4n) is 2.74. The number of rotatable bonds is 3. The second kappa shape index (κ2) is 5.79. The van der Waals surface area contributed by atoms with Crippen molar-refractivity contribution in [3.63, 3.8) is 0 Å². The molecule has 1 atom stereocenters. The number of imidazole rings is 1. The molecule has 0 fully saturated rings. The Hall–Kier alpha value is -2.60. The summed E-state index contributed by atoms with van der Waals surface area (Å²) in [5.74, 6) is 0.663. The Morgan fingerprint density at radius 3 is 2.54 bits per heavy atom. The highest BCUT2D eigenvalue weighted by molar-refractivity contribution is 7.99. The van der Waals surface area contributed by atoms with Crippen molar-refractivity contribution in [1.29, 1.82) is 0 Å². The molecule has 6 heteroatoms. The Labute approximate surface area is 142 Å². The average molecular weight is 336 g/mol. The first-order valence-corrected chi connectivity index (χ1v) is 8.58. The summed E-state index contributed by atoms with van der Waals surface area (Å²) in [6.45, 7) is 2.02. The quantitative estimate of drug-likeness (QED) is 0.580. The minimum absolute atomic E-state index is 0.0159. The predicted octanol–water partition coefficient (Wildman–Crippen LogP) is 3.66. The van der Waals surface area contributed by atoms with E-state index < -0.39 is 0 Å². The van der Waals surface area contributed by atoms with Crippen LogP contribution in [0, 0.1) is 0 Å². The molecule has 0 spiro atoms. The monoisotopic (exact) mass is 336 g/mol. The Bertz CT molecular complexity index is 1100. The lowest BCUT2D eigenvalue weighted by Crippen LogP contribution is -2.13. The minimum Gasteiger partial charge on any atom is -0.322 e. The van der Waals surface area contributed by atoms with Gasteiger partial charge < -0.3 is 9.55 Å². The van der Waals surface area contributed by atoms with Gasteiger partial charge in [-0.25, -0.2) is 9.97 Å². The molecular weight excluding hydrogens is 320 g/mol. The Morgan fingerprint density at radius 2 is 1.75 bits per heavy atom. The number of nitrogens with one attached hydrogen (secondary N) is 1. The Kier molecular flexibility index (Phi) is 3.61. The molecule has 120 valence electrons. The van der Waals surface area contributed by atoms with Crippen LogP contribution >= 0.6 is 11.8 Å². The topological polar surface area (TPSA) is 63.6 Å². The molecule has 0 amide bonds. The van der Waals surface area contributed by atoms with Crippen LogP contribution in [0.3, 0.4) is 0 Å². The van der Waals surface area contributed by atoms with Gasteiger partial charge in [-0.05, 0) is 31.2 Å². The van der Waals surface area contributed by atoms with E-state index in [4.69, 9.17) is 0 Å². The van der Waals surface area contributed by atoms with Crippen LogP contribution in [0.4, 0.5) is 0 Å². The molecule has 4 aromatic rings. The van der Waals surface area contributed by atoms with Crippen LogP contribution in [0.25, 0.3) is 21.9 Å². The summed E-state index contributed by atoms with van der Waals surface area (Å²) in [5.41, 5.74) is 2.67. The first-order chi connectivity index (χ1) is 11.6. The summed E-state index contributed by atoms with van der Waals surface area (Å²) in [6.07, 6.45) is 0. The van der Waals surface area contributed by atoms with Crippen molar-refractivity contribution in [2.24, 2.45) is 7.05 Å². The third kappa shape index (κ3) is 2.49. The first-order valence-electron chi connectivity index (χ1n) is 7.70. The summed E-state index contributed by atoms with van der Waals surface area (Å²) >= 11 is 1.59. The molecule has 0 radical (unpaired) electrons. The molecule has 0 bridgehead atoms. The van der Waals surface area contributed by atoms with E-state index in [1.807, 2.05) is 56.4 Å². The Balaban J connectivity index is 1.72. The fraction of sp³-hybridized carbons (Fsp3) is 0.167. The van der Waals surface area contributed by atoms with Crippen molar-refractivity contribution in [2.45, 2.75) is 17.3 Å². The minimum atomic E-state index is -0.104. The van der Waals surface area contributed by atoms with Gasteiger partial charge in [0.2, 0.25) is 0 Å². The average Bonchev–Trinajstić information content (AvgIpc) is 2.91. The maximum Gasteiger partial charge on any atom is 0.258 e. The van der Waals surface area contributed by atoms with Gasteiger partial charge in [0, 0.05) is 7.05 Å². The molecule has 0 aliphatic rings. The lowest BCUT2D eigenvalue weighted by molar-refractivity contribution is 0.806. The number of aryl methyl sites for hydroxylation is 1. The number of aromatic amines is 1. The molecule has 0 aliphatic heterocycles. The van der Waals surface area contributed by atoms with Crippen molar-refractivity contribution in [2.75, 3.05) is 0 Å². The van der Waals surface area contributed by atoms with E-state index in [1.165, 1.54) is 0 Å². The van der Waals surface area contributed by atoms with Crippen molar-refractivity contribution >= 4 is 33.7 Å². The second-order valence-corrected chi connectivity index (χ2v) is 6.98. The van der Waals surface area contributed by atoms with Crippen LogP contribution in [-0.4, -0.2) is 19.5 Å². The highest BCUT2D eigenvalue weighted by Crippen LogP contribution is 2.33. The first kappa shape index (κ1) is 15.0. The lowest BCUT2D eigenvalue weighted by Gasteiger charge is -2.11. The molecule has 4 rings (SSSR count). The number of hydrogen-bond acceptors (Lipinski definition) is 4. The zero-order valence-corrected chi connectivity index (χ0v) is 14.2. The summed E-state index contributed by atoms with van der Waals surface area (Å²) in [6, 6.07) is 15.4. The molecule has 24 heavy (non-hydrogen) atoms. The van der Waals surface area contributed by atoms with E-state index >= 15 is 0 Å². The van der Waals surface area contributed by atoms with Crippen molar-refractivity contribution in [1.82, 2.24) is 19.5 Å². The number of para-hydroxylation sites is 3. The van der Waals surface area contributed by atoms with E-state index in [9.17, 15) is 4.79 Å². The van der Waals surface area contributed by atoms with Crippen molar-refractivity contribution < 1.29 is 0 Å². The van der Waals surface area contributed by atoms with Gasteiger partial charge in [-0.1, -0.05) is 36.0 Å². The predicted molar refractivity (Wildman–Crippen MR) is 97.3 cm³/mol. The van der Waals surface area contributed by atoms with Gasteiger partial charge in [-0.2, -0.15) is 0 Å². The van der Waals surface area contributed by atoms with Gasteiger partial charge in [-0.3, -0.25) is 4.79 Å². The molecule has 0 saturated heterocycles. The summed E-state index contributed by atoms with van der Waals surface area (Å²) in [7, 11) is 2.00. The third-order valence-electron chi connectivity index (χ3n) is 4.04. The Morgan fingerprint density at radius 1 is 1.04 bits per heavy atom. The zero-order valence-electron chi connectivity index (χ0n) is 13.4. The van der Waals surface area contributed by atoms with Crippen molar-refractivity contribution in [3.8, 4) is 0 Å². The van der Waals surface area contributed by atoms with Crippen LogP contribution in [0.1, 0.15) is 18.0 Å². The molecule has 2 aromatic heterocycles. The van der Waals surface area contributed by atoms with Gasteiger partial charge in [0.15, 0.2) is 5.16 Å². The number of benzene rings is 2. The van der Waals surface area contributed by atoms with Crippen LogP contribution in [0.2, 0.25) is 0 Å². The van der Waals surface area contributed by atoms with Crippen molar-refractivity contribution in [3.05, 3.63) is 64.7 Å². The SMILES string of the molecule is CC(Sc1nc2ccccc2n1C)c1nc2ccccc2c(=O)[nH]1. The number of hydrogen-bond donors (Lipinski definition) is 1. The van der Waals surface area contributed by atoms with Crippen LogP contribution in [0.5, 0.6) is 0 Å². The summed E-state index contributed by atoms with van der Waals surface area (Å²) < 4.78 is 2.07. The summed E-state index contributed by atoms with van der Waals surface area (Å²) in [5, 5.41) is 1.50. The van der Waals surface area contributed by atoms with Gasteiger partial charge >= 0.3 is 0 Å². The molecule has 2 aromatic carbocycles. The second-order valence-electron chi connectivity index (χ2n) is 5.67. The van der Waals surface area contributed by atoms with Gasteiger partial charge in [0.05, 0.1) is 27.2 Å². The highest BCUT2D eigenvalue weighted by atomic mass is 32.2. The zero-order chi connectivity index (χ0) is 16.7. The van der Waals surface area contributed by atoms with Crippen LogP contribution in [-0.2, 0) is 7.05 Å². The maximum atomic E-state index is 12.2. The normalized spacial score (nSPS) is 12.8.